The van der Waals surface area contributed by atoms with Crippen LogP contribution in [-0.4, -0.2) is 9.55 Å². The van der Waals surface area contributed by atoms with Crippen LogP contribution in [-0.2, 0) is 13.0 Å². The van der Waals surface area contributed by atoms with Gasteiger partial charge in [0, 0.05) is 4.88 Å². The van der Waals surface area contributed by atoms with Gasteiger partial charge in [-0.25, -0.2) is 4.98 Å². The third-order valence-corrected chi connectivity index (χ3v) is 5.62. The molecule has 0 saturated carbocycles. The van der Waals surface area contributed by atoms with Gasteiger partial charge in [0.25, 0.3) is 5.56 Å². The Labute approximate surface area is 144 Å². The lowest BCUT2D eigenvalue weighted by Gasteiger charge is -2.11. The Hall–Kier alpha value is -2.46. The van der Waals surface area contributed by atoms with Crippen molar-refractivity contribution in [3.8, 4) is 0 Å². The van der Waals surface area contributed by atoms with Crippen LogP contribution in [0, 0.1) is 6.92 Å². The standard InChI is InChI=1S/C20H18N2OS/c1-3-16-11-18-19(24-16)21-13(2)22(20(18)23)12-15-9-6-8-14-7-4-5-10-17(14)15/h4-11H,3,12H2,1-2H3. The predicted octanol–water partition coefficient (Wildman–Crippen LogP) is 4.53. The molecule has 0 aliphatic heterocycles. The summed E-state index contributed by atoms with van der Waals surface area (Å²) in [4.78, 5) is 19.7. The van der Waals surface area contributed by atoms with E-state index in [9.17, 15) is 4.79 Å². The van der Waals surface area contributed by atoms with Gasteiger partial charge in [-0.1, -0.05) is 49.4 Å². The zero-order valence-electron chi connectivity index (χ0n) is 13.7. The van der Waals surface area contributed by atoms with Crippen LogP contribution in [0.2, 0.25) is 0 Å². The van der Waals surface area contributed by atoms with Gasteiger partial charge >= 0.3 is 0 Å². The molecule has 0 saturated heterocycles. The highest BCUT2D eigenvalue weighted by atomic mass is 32.1. The summed E-state index contributed by atoms with van der Waals surface area (Å²) < 4.78 is 1.79. The van der Waals surface area contributed by atoms with Crippen molar-refractivity contribution in [3.05, 3.63) is 75.1 Å². The average molecular weight is 334 g/mol. The van der Waals surface area contributed by atoms with Crippen LogP contribution >= 0.6 is 11.3 Å². The second kappa shape index (κ2) is 5.87. The van der Waals surface area contributed by atoms with E-state index in [4.69, 9.17) is 0 Å². The first-order valence-corrected chi connectivity index (χ1v) is 8.95. The van der Waals surface area contributed by atoms with E-state index in [0.29, 0.717) is 6.54 Å². The number of fused-ring (bicyclic) bond motifs is 2. The monoisotopic (exact) mass is 334 g/mol. The molecular formula is C20H18N2OS. The highest BCUT2D eigenvalue weighted by Crippen LogP contribution is 2.23. The van der Waals surface area contributed by atoms with Gasteiger partial charge in [-0.15, -0.1) is 11.3 Å². The van der Waals surface area contributed by atoms with Crippen molar-refractivity contribution in [2.24, 2.45) is 0 Å². The lowest BCUT2D eigenvalue weighted by molar-refractivity contribution is 0.717. The lowest BCUT2D eigenvalue weighted by Crippen LogP contribution is -2.24. The van der Waals surface area contributed by atoms with Gasteiger partial charge in [0.05, 0.1) is 11.9 Å². The summed E-state index contributed by atoms with van der Waals surface area (Å²) in [7, 11) is 0. The molecule has 2 aromatic heterocycles. The molecule has 2 heterocycles. The number of benzene rings is 2. The van der Waals surface area contributed by atoms with E-state index in [1.54, 1.807) is 15.9 Å². The second-order valence-corrected chi connectivity index (χ2v) is 7.09. The Kier molecular flexibility index (Phi) is 3.69. The SMILES string of the molecule is CCc1cc2c(=O)n(Cc3cccc4ccccc34)c(C)nc2s1. The molecule has 4 heteroatoms. The van der Waals surface area contributed by atoms with Crippen molar-refractivity contribution in [1.82, 2.24) is 9.55 Å². The van der Waals surface area contributed by atoms with Crippen LogP contribution in [0.1, 0.15) is 23.2 Å². The van der Waals surface area contributed by atoms with Gasteiger partial charge < -0.3 is 0 Å². The predicted molar refractivity (Wildman–Crippen MR) is 101 cm³/mol. The minimum absolute atomic E-state index is 0.0568. The third-order valence-electron chi connectivity index (χ3n) is 4.45. The quantitative estimate of drug-likeness (QED) is 0.552. The number of nitrogens with zero attached hydrogens (tertiary/aromatic N) is 2. The Bertz CT molecular complexity index is 1100. The molecule has 0 bridgehead atoms. The van der Waals surface area contributed by atoms with Gasteiger partial charge in [0.15, 0.2) is 0 Å². The molecule has 0 aliphatic rings. The first-order valence-electron chi connectivity index (χ1n) is 8.14. The minimum atomic E-state index is 0.0568. The van der Waals surface area contributed by atoms with Crippen LogP contribution in [0.15, 0.2) is 53.3 Å². The maximum atomic E-state index is 12.9. The zero-order chi connectivity index (χ0) is 16.7. The number of aromatic nitrogens is 2. The summed E-state index contributed by atoms with van der Waals surface area (Å²) >= 11 is 1.62. The Balaban J connectivity index is 1.88. The second-order valence-electron chi connectivity index (χ2n) is 5.97. The molecule has 3 nitrogen and oxygen atoms in total. The highest BCUT2D eigenvalue weighted by Gasteiger charge is 2.12. The number of aryl methyl sites for hydroxylation is 2. The van der Waals surface area contributed by atoms with Crippen molar-refractivity contribution >= 4 is 32.3 Å². The molecule has 0 atom stereocenters. The summed E-state index contributed by atoms with van der Waals surface area (Å²) in [6.07, 6.45) is 0.933. The lowest BCUT2D eigenvalue weighted by atomic mass is 10.0. The Morgan fingerprint density at radius 3 is 2.71 bits per heavy atom. The maximum Gasteiger partial charge on any atom is 0.262 e. The van der Waals surface area contributed by atoms with Gasteiger partial charge in [-0.05, 0) is 35.7 Å². The van der Waals surface area contributed by atoms with Crippen molar-refractivity contribution in [2.45, 2.75) is 26.8 Å². The summed E-state index contributed by atoms with van der Waals surface area (Å²) in [5.41, 5.74) is 1.20. The summed E-state index contributed by atoms with van der Waals surface area (Å²) in [6, 6.07) is 16.5. The number of thiophene rings is 1. The maximum absolute atomic E-state index is 12.9. The van der Waals surface area contributed by atoms with Crippen LogP contribution in [0.5, 0.6) is 0 Å². The fraction of sp³-hybridized carbons (Fsp3) is 0.200. The van der Waals surface area contributed by atoms with Crippen molar-refractivity contribution in [1.29, 1.82) is 0 Å². The molecule has 4 rings (SSSR count). The smallest absolute Gasteiger partial charge is 0.262 e. The molecular weight excluding hydrogens is 316 g/mol. The highest BCUT2D eigenvalue weighted by molar-refractivity contribution is 7.18. The normalized spacial score (nSPS) is 11.4. The van der Waals surface area contributed by atoms with Crippen LogP contribution < -0.4 is 5.56 Å². The Morgan fingerprint density at radius 2 is 1.88 bits per heavy atom. The molecule has 0 spiro atoms. The largest absolute Gasteiger partial charge is 0.292 e. The molecule has 0 unspecified atom stereocenters. The van der Waals surface area contributed by atoms with E-state index < -0.39 is 0 Å². The van der Waals surface area contributed by atoms with Crippen molar-refractivity contribution in [3.63, 3.8) is 0 Å². The molecule has 0 N–H and O–H groups in total. The van der Waals surface area contributed by atoms with Gasteiger partial charge in [-0.3, -0.25) is 9.36 Å². The summed E-state index contributed by atoms with van der Waals surface area (Å²) in [5, 5.41) is 3.12. The fourth-order valence-electron chi connectivity index (χ4n) is 3.13. The zero-order valence-corrected chi connectivity index (χ0v) is 14.6. The molecule has 24 heavy (non-hydrogen) atoms. The van der Waals surface area contributed by atoms with Crippen molar-refractivity contribution in [2.75, 3.05) is 0 Å². The molecule has 0 aliphatic carbocycles. The van der Waals surface area contributed by atoms with E-state index in [1.807, 2.05) is 31.2 Å². The average Bonchev–Trinajstić information content (AvgIpc) is 3.02. The molecule has 0 fully saturated rings. The molecule has 4 aromatic rings. The van der Waals surface area contributed by atoms with Gasteiger partial charge in [0.2, 0.25) is 0 Å². The van der Waals surface area contributed by atoms with E-state index >= 15 is 0 Å². The Morgan fingerprint density at radius 1 is 1.08 bits per heavy atom. The summed E-state index contributed by atoms with van der Waals surface area (Å²) in [5.74, 6) is 0.768. The van der Waals surface area contributed by atoms with E-state index in [0.717, 1.165) is 28.0 Å². The first kappa shape index (κ1) is 15.1. The number of hydrogen-bond donors (Lipinski definition) is 0. The topological polar surface area (TPSA) is 34.9 Å². The minimum Gasteiger partial charge on any atom is -0.292 e. The van der Waals surface area contributed by atoms with E-state index in [-0.39, 0.29) is 5.56 Å². The van der Waals surface area contributed by atoms with E-state index in [2.05, 4.69) is 36.2 Å². The third kappa shape index (κ3) is 2.43. The molecule has 120 valence electrons. The van der Waals surface area contributed by atoms with Crippen LogP contribution in [0.25, 0.3) is 21.0 Å². The summed E-state index contributed by atoms with van der Waals surface area (Å²) in [6.45, 7) is 4.57. The van der Waals surface area contributed by atoms with Crippen molar-refractivity contribution < 1.29 is 0 Å². The van der Waals surface area contributed by atoms with E-state index in [1.165, 1.54) is 15.6 Å². The number of rotatable bonds is 3. The van der Waals surface area contributed by atoms with Crippen LogP contribution in [0.4, 0.5) is 0 Å². The molecule has 2 aromatic carbocycles. The van der Waals surface area contributed by atoms with Gasteiger partial charge in [0.1, 0.15) is 10.7 Å². The molecule has 0 radical (unpaired) electrons. The first-order chi connectivity index (χ1) is 11.7. The van der Waals surface area contributed by atoms with Gasteiger partial charge in [-0.2, -0.15) is 0 Å². The number of hydrogen-bond acceptors (Lipinski definition) is 3. The fourth-order valence-corrected chi connectivity index (χ4v) is 4.13. The molecule has 0 amide bonds. The van der Waals surface area contributed by atoms with Crippen LogP contribution in [0.3, 0.4) is 0 Å².